The van der Waals surface area contributed by atoms with Crippen molar-refractivity contribution < 1.29 is 9.53 Å². The third-order valence-electron chi connectivity index (χ3n) is 2.41. The Kier molecular flexibility index (Phi) is 4.31. The van der Waals surface area contributed by atoms with Crippen LogP contribution in [0, 0.1) is 6.92 Å². The Morgan fingerprint density at radius 3 is 2.81 bits per heavy atom. The van der Waals surface area contributed by atoms with E-state index in [9.17, 15) is 4.79 Å². The first-order chi connectivity index (χ1) is 7.58. The molecule has 1 atom stereocenters. The van der Waals surface area contributed by atoms with E-state index >= 15 is 0 Å². The quantitative estimate of drug-likeness (QED) is 0.797. The number of benzene rings is 1. The number of aryl methyl sites for hydroxylation is 1. The van der Waals surface area contributed by atoms with Crippen LogP contribution in [0.1, 0.15) is 18.1 Å². The van der Waals surface area contributed by atoms with Crippen molar-refractivity contribution in [2.24, 2.45) is 5.73 Å². The molecule has 1 aromatic rings. The fraction of sp³-hybridized carbons (Fsp3) is 0.417. The number of ether oxygens (including phenoxy) is 1. The summed E-state index contributed by atoms with van der Waals surface area (Å²) in [6.45, 7) is 4.12. The first-order valence-electron chi connectivity index (χ1n) is 5.26. The molecule has 0 aliphatic rings. The Morgan fingerprint density at radius 1 is 1.56 bits per heavy atom. The maximum absolute atomic E-state index is 11.3. The van der Waals surface area contributed by atoms with Crippen LogP contribution in [0.2, 0.25) is 0 Å². The SMILES string of the molecule is CNC(=O)C(C)Oc1cc(CN)ccc1C. The monoisotopic (exact) mass is 222 g/mol. The zero-order chi connectivity index (χ0) is 12.1. The van der Waals surface area contributed by atoms with Gasteiger partial charge in [-0.1, -0.05) is 12.1 Å². The summed E-state index contributed by atoms with van der Waals surface area (Å²) in [7, 11) is 1.59. The molecule has 16 heavy (non-hydrogen) atoms. The van der Waals surface area contributed by atoms with Crippen LogP contribution in [-0.2, 0) is 11.3 Å². The van der Waals surface area contributed by atoms with Gasteiger partial charge in [-0.3, -0.25) is 4.79 Å². The number of nitrogens with one attached hydrogen (secondary N) is 1. The van der Waals surface area contributed by atoms with Crippen molar-refractivity contribution in [1.29, 1.82) is 0 Å². The summed E-state index contributed by atoms with van der Waals surface area (Å²) >= 11 is 0. The molecule has 0 heterocycles. The standard InChI is InChI=1S/C12H18N2O2/c1-8-4-5-10(7-13)6-11(8)16-9(2)12(15)14-3/h4-6,9H,7,13H2,1-3H3,(H,14,15). The van der Waals surface area contributed by atoms with Gasteiger partial charge in [-0.25, -0.2) is 0 Å². The van der Waals surface area contributed by atoms with Crippen LogP contribution in [0.4, 0.5) is 0 Å². The molecule has 0 fully saturated rings. The summed E-state index contributed by atoms with van der Waals surface area (Å²) in [6, 6.07) is 5.76. The van der Waals surface area contributed by atoms with Crippen molar-refractivity contribution in [2.75, 3.05) is 7.05 Å². The van der Waals surface area contributed by atoms with Crippen LogP contribution in [0.15, 0.2) is 18.2 Å². The van der Waals surface area contributed by atoms with Gasteiger partial charge in [-0.05, 0) is 31.0 Å². The van der Waals surface area contributed by atoms with Crippen molar-refractivity contribution in [3.05, 3.63) is 29.3 Å². The van der Waals surface area contributed by atoms with E-state index in [1.807, 2.05) is 25.1 Å². The third-order valence-corrected chi connectivity index (χ3v) is 2.41. The Labute approximate surface area is 95.8 Å². The van der Waals surface area contributed by atoms with Crippen LogP contribution < -0.4 is 15.8 Å². The minimum absolute atomic E-state index is 0.141. The summed E-state index contributed by atoms with van der Waals surface area (Å²) in [5.74, 6) is 0.566. The number of likely N-dealkylation sites (N-methyl/N-ethyl adjacent to an activating group) is 1. The maximum Gasteiger partial charge on any atom is 0.260 e. The van der Waals surface area contributed by atoms with E-state index < -0.39 is 6.10 Å². The molecule has 1 aromatic carbocycles. The molecule has 4 heteroatoms. The molecular weight excluding hydrogens is 204 g/mol. The Balaban J connectivity index is 2.83. The minimum Gasteiger partial charge on any atom is -0.481 e. The van der Waals surface area contributed by atoms with E-state index in [-0.39, 0.29) is 5.91 Å². The third kappa shape index (κ3) is 2.97. The van der Waals surface area contributed by atoms with Crippen LogP contribution in [0.3, 0.4) is 0 Å². The van der Waals surface area contributed by atoms with Gasteiger partial charge < -0.3 is 15.8 Å². The van der Waals surface area contributed by atoms with Crippen LogP contribution in [0.25, 0.3) is 0 Å². The molecule has 88 valence electrons. The molecule has 0 spiro atoms. The first-order valence-corrected chi connectivity index (χ1v) is 5.26. The van der Waals surface area contributed by atoms with E-state index in [1.54, 1.807) is 14.0 Å². The topological polar surface area (TPSA) is 64.3 Å². The van der Waals surface area contributed by atoms with E-state index in [4.69, 9.17) is 10.5 Å². The molecule has 1 rings (SSSR count). The fourth-order valence-electron chi connectivity index (χ4n) is 1.35. The van der Waals surface area contributed by atoms with Gasteiger partial charge in [0.25, 0.3) is 5.91 Å². The second-order valence-electron chi connectivity index (χ2n) is 3.68. The molecule has 0 aliphatic carbocycles. The lowest BCUT2D eigenvalue weighted by Crippen LogP contribution is -2.33. The largest absolute Gasteiger partial charge is 0.481 e. The average molecular weight is 222 g/mol. The molecule has 0 saturated carbocycles. The van der Waals surface area contributed by atoms with Crippen molar-refractivity contribution in [3.63, 3.8) is 0 Å². The number of carbonyl (C=O) groups excluding carboxylic acids is 1. The molecule has 0 radical (unpaired) electrons. The van der Waals surface area contributed by atoms with Gasteiger partial charge in [0.1, 0.15) is 5.75 Å². The zero-order valence-corrected chi connectivity index (χ0v) is 9.91. The smallest absolute Gasteiger partial charge is 0.260 e. The van der Waals surface area contributed by atoms with Crippen LogP contribution >= 0.6 is 0 Å². The Morgan fingerprint density at radius 2 is 2.25 bits per heavy atom. The van der Waals surface area contributed by atoms with Gasteiger partial charge in [0, 0.05) is 13.6 Å². The second-order valence-corrected chi connectivity index (χ2v) is 3.68. The zero-order valence-electron chi connectivity index (χ0n) is 9.91. The predicted molar refractivity (Wildman–Crippen MR) is 63.2 cm³/mol. The number of hydrogen-bond acceptors (Lipinski definition) is 3. The molecule has 3 N–H and O–H groups in total. The lowest BCUT2D eigenvalue weighted by Gasteiger charge is -2.15. The highest BCUT2D eigenvalue weighted by Crippen LogP contribution is 2.20. The first kappa shape index (κ1) is 12.5. The molecule has 0 aromatic heterocycles. The normalized spacial score (nSPS) is 12.0. The van der Waals surface area contributed by atoms with E-state index in [2.05, 4.69) is 5.32 Å². The van der Waals surface area contributed by atoms with Crippen LogP contribution in [-0.4, -0.2) is 19.1 Å². The Hall–Kier alpha value is -1.55. The number of nitrogens with two attached hydrogens (primary N) is 1. The highest BCUT2D eigenvalue weighted by atomic mass is 16.5. The minimum atomic E-state index is -0.503. The average Bonchev–Trinajstić information content (AvgIpc) is 2.30. The Bertz CT molecular complexity index is 377. The highest BCUT2D eigenvalue weighted by Gasteiger charge is 2.13. The fourth-order valence-corrected chi connectivity index (χ4v) is 1.35. The van der Waals surface area contributed by atoms with Crippen molar-refractivity contribution in [1.82, 2.24) is 5.32 Å². The molecule has 0 aliphatic heterocycles. The molecule has 4 nitrogen and oxygen atoms in total. The van der Waals surface area contributed by atoms with E-state index in [1.165, 1.54) is 0 Å². The van der Waals surface area contributed by atoms with Crippen molar-refractivity contribution in [3.8, 4) is 5.75 Å². The molecule has 0 saturated heterocycles. The predicted octanol–water partition coefficient (Wildman–Crippen LogP) is 0.967. The molecule has 1 unspecified atom stereocenters. The summed E-state index contributed by atoms with van der Waals surface area (Å²) in [5.41, 5.74) is 7.53. The van der Waals surface area contributed by atoms with Gasteiger partial charge in [-0.15, -0.1) is 0 Å². The van der Waals surface area contributed by atoms with Crippen molar-refractivity contribution >= 4 is 5.91 Å². The lowest BCUT2D eigenvalue weighted by molar-refractivity contribution is -0.126. The maximum atomic E-state index is 11.3. The van der Waals surface area contributed by atoms with Crippen LogP contribution in [0.5, 0.6) is 5.75 Å². The van der Waals surface area contributed by atoms with Gasteiger partial charge in [-0.2, -0.15) is 0 Å². The second kappa shape index (κ2) is 5.51. The number of amides is 1. The van der Waals surface area contributed by atoms with Gasteiger partial charge in [0.15, 0.2) is 6.10 Å². The summed E-state index contributed by atoms with van der Waals surface area (Å²) in [5, 5.41) is 2.54. The summed E-state index contributed by atoms with van der Waals surface area (Å²) < 4.78 is 5.57. The summed E-state index contributed by atoms with van der Waals surface area (Å²) in [4.78, 5) is 11.3. The van der Waals surface area contributed by atoms with E-state index in [0.29, 0.717) is 12.3 Å². The lowest BCUT2D eigenvalue weighted by atomic mass is 10.1. The number of rotatable bonds is 4. The van der Waals surface area contributed by atoms with Gasteiger partial charge >= 0.3 is 0 Å². The van der Waals surface area contributed by atoms with Crippen molar-refractivity contribution in [2.45, 2.75) is 26.5 Å². The molecule has 1 amide bonds. The molecule has 0 bridgehead atoms. The summed E-state index contributed by atoms with van der Waals surface area (Å²) in [6.07, 6.45) is -0.503. The van der Waals surface area contributed by atoms with Gasteiger partial charge in [0.05, 0.1) is 0 Å². The number of hydrogen-bond donors (Lipinski definition) is 2. The van der Waals surface area contributed by atoms with Gasteiger partial charge in [0.2, 0.25) is 0 Å². The highest BCUT2D eigenvalue weighted by molar-refractivity contribution is 5.80. The van der Waals surface area contributed by atoms with E-state index in [0.717, 1.165) is 11.1 Å². The number of carbonyl (C=O) groups is 1. The molecular formula is C12H18N2O2.